The Morgan fingerprint density at radius 2 is 1.88 bits per heavy atom. The standard InChI is InChI=1S/C15H21NO/c17-15(13-7-2-1-3-8-13)10-12-6-4-5-9-14(12)16-11-15/h1-3,7-8,12,14,16-17H,4-6,9-11H2/t12-,14+,15-/m1/s1. The fourth-order valence-electron chi connectivity index (χ4n) is 3.49. The summed E-state index contributed by atoms with van der Waals surface area (Å²) in [4.78, 5) is 0. The molecule has 1 saturated heterocycles. The number of rotatable bonds is 1. The fourth-order valence-corrected chi connectivity index (χ4v) is 3.49. The van der Waals surface area contributed by atoms with E-state index in [0.717, 1.165) is 12.0 Å². The lowest BCUT2D eigenvalue weighted by atomic mass is 9.72. The molecule has 1 heterocycles. The first-order valence-corrected chi connectivity index (χ1v) is 6.79. The number of aliphatic hydroxyl groups is 1. The van der Waals surface area contributed by atoms with E-state index in [4.69, 9.17) is 0 Å². The summed E-state index contributed by atoms with van der Waals surface area (Å²) in [5.74, 6) is 0.655. The Labute approximate surface area is 103 Å². The smallest absolute Gasteiger partial charge is 0.102 e. The maximum Gasteiger partial charge on any atom is 0.102 e. The van der Waals surface area contributed by atoms with Crippen molar-refractivity contribution in [3.05, 3.63) is 35.9 Å². The highest BCUT2D eigenvalue weighted by Gasteiger charge is 2.40. The lowest BCUT2D eigenvalue weighted by Crippen LogP contribution is -2.54. The van der Waals surface area contributed by atoms with Crippen LogP contribution >= 0.6 is 0 Å². The second-order valence-electron chi connectivity index (χ2n) is 5.63. The van der Waals surface area contributed by atoms with Gasteiger partial charge in [0.25, 0.3) is 0 Å². The zero-order valence-corrected chi connectivity index (χ0v) is 10.2. The molecule has 2 N–H and O–H groups in total. The van der Waals surface area contributed by atoms with E-state index in [2.05, 4.69) is 5.32 Å². The van der Waals surface area contributed by atoms with Gasteiger partial charge in [-0.25, -0.2) is 0 Å². The molecule has 1 aliphatic carbocycles. The Hall–Kier alpha value is -0.860. The topological polar surface area (TPSA) is 32.3 Å². The molecular weight excluding hydrogens is 210 g/mol. The van der Waals surface area contributed by atoms with Gasteiger partial charge in [-0.05, 0) is 30.7 Å². The van der Waals surface area contributed by atoms with E-state index in [0.29, 0.717) is 18.5 Å². The summed E-state index contributed by atoms with van der Waals surface area (Å²) < 4.78 is 0. The van der Waals surface area contributed by atoms with E-state index in [-0.39, 0.29) is 0 Å². The van der Waals surface area contributed by atoms with Crippen LogP contribution < -0.4 is 5.32 Å². The first-order valence-electron chi connectivity index (χ1n) is 6.79. The third-order valence-corrected chi connectivity index (χ3v) is 4.48. The number of hydrogen-bond donors (Lipinski definition) is 2. The van der Waals surface area contributed by atoms with Crippen molar-refractivity contribution in [2.24, 2.45) is 5.92 Å². The van der Waals surface area contributed by atoms with Crippen LogP contribution in [0.15, 0.2) is 30.3 Å². The van der Waals surface area contributed by atoms with Gasteiger partial charge in [-0.2, -0.15) is 0 Å². The normalized spacial score (nSPS) is 37.5. The molecule has 2 heteroatoms. The van der Waals surface area contributed by atoms with E-state index in [1.54, 1.807) is 0 Å². The summed E-state index contributed by atoms with van der Waals surface area (Å²) in [5.41, 5.74) is 0.413. The minimum Gasteiger partial charge on any atom is -0.384 e. The van der Waals surface area contributed by atoms with E-state index < -0.39 is 5.60 Å². The third-order valence-electron chi connectivity index (χ3n) is 4.48. The van der Waals surface area contributed by atoms with E-state index >= 15 is 0 Å². The van der Waals surface area contributed by atoms with Gasteiger partial charge in [-0.3, -0.25) is 0 Å². The minimum atomic E-state index is -0.653. The SMILES string of the molecule is O[C@@]1(c2ccccc2)CN[C@H]2CCCC[C@@H]2C1. The lowest BCUT2D eigenvalue weighted by Gasteiger charge is -2.44. The maximum absolute atomic E-state index is 10.8. The van der Waals surface area contributed by atoms with Crippen LogP contribution in [0.25, 0.3) is 0 Å². The van der Waals surface area contributed by atoms with Crippen molar-refractivity contribution in [3.8, 4) is 0 Å². The summed E-state index contributed by atoms with van der Waals surface area (Å²) in [6, 6.07) is 10.8. The molecule has 2 aliphatic rings. The Balaban J connectivity index is 1.80. The lowest BCUT2D eigenvalue weighted by molar-refractivity contribution is -0.0308. The van der Waals surface area contributed by atoms with Gasteiger partial charge in [0, 0.05) is 12.6 Å². The Bertz CT molecular complexity index is 378. The van der Waals surface area contributed by atoms with E-state index in [9.17, 15) is 5.11 Å². The highest BCUT2D eigenvalue weighted by molar-refractivity contribution is 5.24. The zero-order chi connectivity index (χ0) is 11.7. The van der Waals surface area contributed by atoms with Gasteiger partial charge in [0.2, 0.25) is 0 Å². The molecule has 0 radical (unpaired) electrons. The maximum atomic E-state index is 10.8. The van der Waals surface area contributed by atoms with Crippen molar-refractivity contribution in [2.45, 2.75) is 43.7 Å². The number of β-amino-alcohol motifs (C(OH)–C–C–N with tert-alkyl or cyclic N) is 1. The summed E-state index contributed by atoms with van der Waals surface area (Å²) in [6.07, 6.45) is 6.16. The molecule has 2 fully saturated rings. The van der Waals surface area contributed by atoms with Crippen molar-refractivity contribution in [1.82, 2.24) is 5.32 Å². The van der Waals surface area contributed by atoms with Gasteiger partial charge in [0.05, 0.1) is 0 Å². The van der Waals surface area contributed by atoms with Crippen LogP contribution in [0.4, 0.5) is 0 Å². The zero-order valence-electron chi connectivity index (χ0n) is 10.2. The fraction of sp³-hybridized carbons (Fsp3) is 0.600. The van der Waals surface area contributed by atoms with Crippen LogP contribution in [0.1, 0.15) is 37.7 Å². The molecule has 0 bridgehead atoms. The average molecular weight is 231 g/mol. The van der Waals surface area contributed by atoms with Gasteiger partial charge < -0.3 is 10.4 Å². The Morgan fingerprint density at radius 3 is 2.71 bits per heavy atom. The number of fused-ring (bicyclic) bond motifs is 1. The molecule has 3 rings (SSSR count). The van der Waals surface area contributed by atoms with Gasteiger partial charge in [-0.1, -0.05) is 43.2 Å². The second-order valence-corrected chi connectivity index (χ2v) is 5.63. The molecule has 92 valence electrons. The molecule has 1 aromatic rings. The summed E-state index contributed by atoms with van der Waals surface area (Å²) in [6.45, 7) is 0.707. The Morgan fingerprint density at radius 1 is 1.12 bits per heavy atom. The molecule has 0 aromatic heterocycles. The molecule has 3 atom stereocenters. The first kappa shape index (κ1) is 11.2. The van der Waals surface area contributed by atoms with Crippen LogP contribution in [0.5, 0.6) is 0 Å². The highest BCUT2D eigenvalue weighted by atomic mass is 16.3. The molecule has 17 heavy (non-hydrogen) atoms. The van der Waals surface area contributed by atoms with Gasteiger partial charge in [0.1, 0.15) is 5.60 Å². The summed E-state index contributed by atoms with van der Waals surface area (Å²) in [7, 11) is 0. The molecule has 0 amide bonds. The van der Waals surface area contributed by atoms with Gasteiger partial charge in [-0.15, -0.1) is 0 Å². The van der Waals surface area contributed by atoms with Gasteiger partial charge in [0.15, 0.2) is 0 Å². The molecule has 1 saturated carbocycles. The number of hydrogen-bond acceptors (Lipinski definition) is 2. The van der Waals surface area contributed by atoms with Crippen LogP contribution in [0, 0.1) is 5.92 Å². The summed E-state index contributed by atoms with van der Waals surface area (Å²) in [5, 5.41) is 14.4. The number of nitrogens with one attached hydrogen (secondary N) is 1. The second kappa shape index (κ2) is 4.43. The predicted octanol–water partition coefficient (Wildman–Crippen LogP) is 2.43. The molecule has 0 spiro atoms. The predicted molar refractivity (Wildman–Crippen MR) is 68.7 cm³/mol. The van der Waals surface area contributed by atoms with Crippen LogP contribution in [0.2, 0.25) is 0 Å². The molecular formula is C15H21NO. The minimum absolute atomic E-state index is 0.646. The van der Waals surface area contributed by atoms with Gasteiger partial charge >= 0.3 is 0 Å². The van der Waals surface area contributed by atoms with Crippen molar-refractivity contribution in [1.29, 1.82) is 0 Å². The largest absolute Gasteiger partial charge is 0.384 e. The monoisotopic (exact) mass is 231 g/mol. The first-order chi connectivity index (χ1) is 8.28. The van der Waals surface area contributed by atoms with Crippen LogP contribution in [0.3, 0.4) is 0 Å². The molecule has 1 aromatic carbocycles. The number of piperidine rings is 1. The van der Waals surface area contributed by atoms with Crippen molar-refractivity contribution < 1.29 is 5.11 Å². The number of benzene rings is 1. The van der Waals surface area contributed by atoms with Crippen molar-refractivity contribution in [3.63, 3.8) is 0 Å². The quantitative estimate of drug-likeness (QED) is 0.778. The summed E-state index contributed by atoms with van der Waals surface area (Å²) >= 11 is 0. The third kappa shape index (κ3) is 2.12. The Kier molecular flexibility index (Phi) is 2.93. The molecule has 2 nitrogen and oxygen atoms in total. The molecule has 0 unspecified atom stereocenters. The van der Waals surface area contributed by atoms with Crippen LogP contribution in [-0.2, 0) is 5.60 Å². The highest BCUT2D eigenvalue weighted by Crippen LogP contribution is 2.39. The van der Waals surface area contributed by atoms with Crippen LogP contribution in [-0.4, -0.2) is 17.7 Å². The van der Waals surface area contributed by atoms with Crippen molar-refractivity contribution >= 4 is 0 Å². The van der Waals surface area contributed by atoms with E-state index in [1.807, 2.05) is 30.3 Å². The van der Waals surface area contributed by atoms with Crippen molar-refractivity contribution in [2.75, 3.05) is 6.54 Å². The van der Waals surface area contributed by atoms with E-state index in [1.165, 1.54) is 25.7 Å². The average Bonchev–Trinajstić information content (AvgIpc) is 2.40. The molecule has 1 aliphatic heterocycles.